The lowest BCUT2D eigenvalue weighted by molar-refractivity contribution is 0.255. The van der Waals surface area contributed by atoms with Crippen molar-refractivity contribution >= 4 is 34.3 Å². The number of benzene rings is 2. The number of aryl methyl sites for hydroxylation is 2. The number of hydrogen-bond acceptors (Lipinski definition) is 7. The van der Waals surface area contributed by atoms with E-state index < -0.39 is 0 Å². The molecule has 1 fully saturated rings. The molecule has 8 nitrogen and oxygen atoms in total. The first-order valence-electron chi connectivity index (χ1n) is 14.5. The summed E-state index contributed by atoms with van der Waals surface area (Å²) < 4.78 is 1.67. The van der Waals surface area contributed by atoms with Crippen LogP contribution in [0.4, 0.5) is 11.6 Å². The van der Waals surface area contributed by atoms with Gasteiger partial charge in [-0.2, -0.15) is 4.98 Å². The van der Waals surface area contributed by atoms with Crippen LogP contribution in [-0.2, 0) is 13.0 Å². The molecular weight excluding hydrogens is 546 g/mol. The Morgan fingerprint density at radius 2 is 1.74 bits per heavy atom. The first-order chi connectivity index (χ1) is 20.4. The van der Waals surface area contributed by atoms with Crippen molar-refractivity contribution in [1.29, 1.82) is 0 Å². The van der Waals surface area contributed by atoms with E-state index in [2.05, 4.69) is 63.4 Å². The summed E-state index contributed by atoms with van der Waals surface area (Å²) in [7, 11) is 2.18. The minimum absolute atomic E-state index is 0.151. The fraction of sp³-hybridized carbons (Fsp3) is 0.303. The number of hydrogen-bond donors (Lipinski definition) is 1. The summed E-state index contributed by atoms with van der Waals surface area (Å²) in [4.78, 5) is 34.0. The second-order valence-electron chi connectivity index (χ2n) is 10.8. The number of fused-ring (bicyclic) bond motifs is 1. The molecule has 0 amide bonds. The molecule has 1 saturated heterocycles. The standard InChI is InChI=1S/C33H34ClN7O/c1-4-25-18-30(37-20-36-25)23-8-11-27(29(34)17-23)28-16-24-19-35-33(39-31(24)41(5-2)32(28)42)38-26-9-6-21(7-10-26)22-12-14-40(3)15-13-22/h6-11,16-20,22H,4-5,12-15H2,1-3H3,(H,35,38,39). The predicted octanol–water partition coefficient (Wildman–Crippen LogP) is 6.70. The second-order valence-corrected chi connectivity index (χ2v) is 11.3. The smallest absolute Gasteiger partial charge is 0.260 e. The highest BCUT2D eigenvalue weighted by atomic mass is 35.5. The summed E-state index contributed by atoms with van der Waals surface area (Å²) in [5.74, 6) is 1.05. The van der Waals surface area contributed by atoms with Gasteiger partial charge in [-0.15, -0.1) is 0 Å². The van der Waals surface area contributed by atoms with E-state index in [1.807, 2.05) is 37.3 Å². The summed E-state index contributed by atoms with van der Waals surface area (Å²) in [6.07, 6.45) is 6.50. The topological polar surface area (TPSA) is 88.8 Å². The number of likely N-dealkylation sites (tertiary alicyclic amines) is 1. The quantitative estimate of drug-likeness (QED) is 0.229. The number of rotatable bonds is 7. The van der Waals surface area contributed by atoms with Gasteiger partial charge in [-0.05, 0) is 88.1 Å². The molecule has 6 rings (SSSR count). The number of halogens is 1. The van der Waals surface area contributed by atoms with Crippen molar-refractivity contribution in [2.45, 2.75) is 45.6 Å². The SMILES string of the molecule is CCc1cc(-c2ccc(-c3cc4cnc(Nc5ccc(C6CCN(C)CC6)cc5)nc4n(CC)c3=O)c(Cl)c2)ncn1. The van der Waals surface area contributed by atoms with Crippen LogP contribution >= 0.6 is 11.6 Å². The average Bonchev–Trinajstić information content (AvgIpc) is 3.02. The van der Waals surface area contributed by atoms with Gasteiger partial charge in [-0.25, -0.2) is 15.0 Å². The zero-order valence-corrected chi connectivity index (χ0v) is 24.9. The largest absolute Gasteiger partial charge is 0.324 e. The lowest BCUT2D eigenvalue weighted by Crippen LogP contribution is -2.29. The Morgan fingerprint density at radius 3 is 2.45 bits per heavy atom. The fourth-order valence-corrected chi connectivity index (χ4v) is 5.94. The van der Waals surface area contributed by atoms with Crippen LogP contribution in [0.1, 0.15) is 43.9 Å². The highest BCUT2D eigenvalue weighted by Crippen LogP contribution is 2.32. The maximum absolute atomic E-state index is 13.7. The van der Waals surface area contributed by atoms with E-state index >= 15 is 0 Å². The summed E-state index contributed by atoms with van der Waals surface area (Å²) in [6, 6.07) is 18.0. The van der Waals surface area contributed by atoms with E-state index in [9.17, 15) is 4.79 Å². The first-order valence-corrected chi connectivity index (χ1v) is 14.9. The van der Waals surface area contributed by atoms with E-state index in [0.717, 1.165) is 47.5 Å². The molecule has 0 bridgehead atoms. The molecule has 214 valence electrons. The Morgan fingerprint density at radius 1 is 0.952 bits per heavy atom. The van der Waals surface area contributed by atoms with E-state index in [0.29, 0.717) is 40.2 Å². The highest BCUT2D eigenvalue weighted by Gasteiger charge is 2.19. The predicted molar refractivity (Wildman–Crippen MR) is 170 cm³/mol. The van der Waals surface area contributed by atoms with Crippen LogP contribution < -0.4 is 10.9 Å². The molecule has 2 aromatic carbocycles. The van der Waals surface area contributed by atoms with Crippen LogP contribution in [0, 0.1) is 0 Å². The number of piperidine rings is 1. The van der Waals surface area contributed by atoms with Gasteiger partial charge in [0.1, 0.15) is 12.0 Å². The van der Waals surface area contributed by atoms with Crippen LogP contribution in [0.15, 0.2) is 71.9 Å². The lowest BCUT2D eigenvalue weighted by atomic mass is 9.89. The molecular formula is C33H34ClN7O. The number of nitrogens with one attached hydrogen (secondary N) is 1. The molecule has 4 heterocycles. The molecule has 0 radical (unpaired) electrons. The van der Waals surface area contributed by atoms with Crippen molar-refractivity contribution in [2.24, 2.45) is 0 Å². The second kappa shape index (κ2) is 12.0. The van der Waals surface area contributed by atoms with Crippen molar-refractivity contribution < 1.29 is 0 Å². The average molecular weight is 580 g/mol. The Labute approximate surface area is 250 Å². The molecule has 42 heavy (non-hydrogen) atoms. The third kappa shape index (κ3) is 5.65. The van der Waals surface area contributed by atoms with Crippen molar-refractivity contribution in [3.8, 4) is 22.4 Å². The minimum Gasteiger partial charge on any atom is -0.324 e. The molecule has 1 aliphatic heterocycles. The molecule has 0 aliphatic carbocycles. The number of nitrogens with zero attached hydrogens (tertiary/aromatic N) is 6. The molecule has 0 saturated carbocycles. The van der Waals surface area contributed by atoms with Gasteiger partial charge in [-0.3, -0.25) is 9.36 Å². The van der Waals surface area contributed by atoms with Crippen molar-refractivity contribution in [1.82, 2.24) is 29.4 Å². The molecule has 3 aromatic heterocycles. The van der Waals surface area contributed by atoms with Gasteiger partial charge in [-0.1, -0.05) is 42.8 Å². The molecule has 5 aromatic rings. The Balaban J connectivity index is 1.28. The molecule has 1 N–H and O–H groups in total. The van der Waals surface area contributed by atoms with E-state index in [-0.39, 0.29) is 5.56 Å². The maximum atomic E-state index is 13.7. The van der Waals surface area contributed by atoms with Gasteiger partial charge in [0.25, 0.3) is 5.56 Å². The van der Waals surface area contributed by atoms with Crippen molar-refractivity contribution in [3.63, 3.8) is 0 Å². The first kappa shape index (κ1) is 28.0. The van der Waals surface area contributed by atoms with E-state index in [4.69, 9.17) is 16.6 Å². The molecule has 0 atom stereocenters. The van der Waals surface area contributed by atoms with Gasteiger partial charge < -0.3 is 10.2 Å². The number of aromatic nitrogens is 5. The van der Waals surface area contributed by atoms with Crippen molar-refractivity contribution in [2.75, 3.05) is 25.5 Å². The Kier molecular flexibility index (Phi) is 8.00. The molecule has 0 unspecified atom stereocenters. The molecule has 1 aliphatic rings. The minimum atomic E-state index is -0.151. The summed E-state index contributed by atoms with van der Waals surface area (Å²) in [6.45, 7) is 6.72. The summed E-state index contributed by atoms with van der Waals surface area (Å²) in [5.41, 5.74) is 6.50. The summed E-state index contributed by atoms with van der Waals surface area (Å²) in [5, 5.41) is 4.55. The van der Waals surface area contributed by atoms with Gasteiger partial charge >= 0.3 is 0 Å². The van der Waals surface area contributed by atoms with Gasteiger partial charge in [0.2, 0.25) is 5.95 Å². The normalized spacial score (nSPS) is 14.4. The van der Waals surface area contributed by atoms with Crippen LogP contribution in [0.3, 0.4) is 0 Å². The number of pyridine rings is 1. The molecule has 9 heteroatoms. The van der Waals surface area contributed by atoms with Crippen molar-refractivity contribution in [3.05, 3.63) is 93.8 Å². The van der Waals surface area contributed by atoms with E-state index in [1.165, 1.54) is 18.4 Å². The Bertz CT molecular complexity index is 1790. The van der Waals surface area contributed by atoms with Gasteiger partial charge in [0.05, 0.1) is 5.69 Å². The van der Waals surface area contributed by atoms with Crippen LogP contribution in [0.5, 0.6) is 0 Å². The van der Waals surface area contributed by atoms with Crippen LogP contribution in [-0.4, -0.2) is 49.5 Å². The zero-order chi connectivity index (χ0) is 29.2. The van der Waals surface area contributed by atoms with Crippen LogP contribution in [0.25, 0.3) is 33.4 Å². The number of anilines is 2. The van der Waals surface area contributed by atoms with Crippen LogP contribution in [0.2, 0.25) is 5.02 Å². The molecule has 0 spiro atoms. The Hall–Kier alpha value is -4.14. The third-order valence-corrected chi connectivity index (χ3v) is 8.45. The van der Waals surface area contributed by atoms with Gasteiger partial charge in [0, 0.05) is 51.2 Å². The third-order valence-electron chi connectivity index (χ3n) is 8.14. The van der Waals surface area contributed by atoms with E-state index in [1.54, 1.807) is 17.1 Å². The maximum Gasteiger partial charge on any atom is 0.260 e. The monoisotopic (exact) mass is 579 g/mol. The van der Waals surface area contributed by atoms with Gasteiger partial charge in [0.15, 0.2) is 0 Å². The highest BCUT2D eigenvalue weighted by molar-refractivity contribution is 6.33. The fourth-order valence-electron chi connectivity index (χ4n) is 5.66. The lowest BCUT2D eigenvalue weighted by Gasteiger charge is -2.29. The summed E-state index contributed by atoms with van der Waals surface area (Å²) >= 11 is 6.75. The zero-order valence-electron chi connectivity index (χ0n) is 24.1.